The predicted octanol–water partition coefficient (Wildman–Crippen LogP) is 3.96. The summed E-state index contributed by atoms with van der Waals surface area (Å²) in [6, 6.07) is 16.7. The van der Waals surface area contributed by atoms with Crippen LogP contribution in [0.2, 0.25) is 0 Å². The minimum atomic E-state index is -1.29. The van der Waals surface area contributed by atoms with Crippen LogP contribution in [-0.4, -0.2) is 43.4 Å². The predicted molar refractivity (Wildman–Crippen MR) is 128 cm³/mol. The number of benzene rings is 3. The summed E-state index contributed by atoms with van der Waals surface area (Å²) in [6.45, 7) is 2.33. The van der Waals surface area contributed by atoms with Crippen LogP contribution < -0.4 is 19.1 Å². The highest BCUT2D eigenvalue weighted by Gasteiger charge is 2.52. The molecule has 2 atom stereocenters. The molecule has 3 aromatic rings. The molecule has 0 aromatic heterocycles. The maximum atomic E-state index is 13.6. The van der Waals surface area contributed by atoms with Crippen molar-refractivity contribution in [1.82, 2.24) is 0 Å². The Balaban J connectivity index is 1.82. The summed E-state index contributed by atoms with van der Waals surface area (Å²) >= 11 is 0. The number of aromatic hydroxyl groups is 1. The molecule has 8 heteroatoms. The highest BCUT2D eigenvalue weighted by Crippen LogP contribution is 2.43. The number of phenols is 1. The smallest absolute Gasteiger partial charge is 0.295 e. The van der Waals surface area contributed by atoms with E-state index in [0.29, 0.717) is 29.4 Å². The molecule has 3 aromatic carbocycles. The Labute approximate surface area is 202 Å². The van der Waals surface area contributed by atoms with Crippen LogP contribution in [0.3, 0.4) is 0 Å². The molecule has 0 spiro atoms. The van der Waals surface area contributed by atoms with Crippen LogP contribution >= 0.6 is 0 Å². The fraction of sp³-hybridized carbons (Fsp3) is 0.222. The van der Waals surface area contributed by atoms with Crippen molar-refractivity contribution in [3.8, 4) is 23.0 Å². The van der Waals surface area contributed by atoms with E-state index in [1.807, 2.05) is 6.92 Å². The maximum Gasteiger partial charge on any atom is 0.295 e. The van der Waals surface area contributed by atoms with Crippen molar-refractivity contribution in [2.24, 2.45) is 5.92 Å². The number of ether oxygens (including phenoxy) is 3. The Kier molecular flexibility index (Phi) is 6.73. The largest absolute Gasteiger partial charge is 0.504 e. The lowest BCUT2D eigenvalue weighted by Crippen LogP contribution is -2.30. The molecule has 0 radical (unpaired) electrons. The zero-order valence-corrected chi connectivity index (χ0v) is 19.6. The van der Waals surface area contributed by atoms with Gasteiger partial charge in [-0.15, -0.1) is 0 Å². The van der Waals surface area contributed by atoms with Crippen LogP contribution in [0.25, 0.3) is 0 Å². The molecule has 0 bridgehead atoms. The molecule has 4 rings (SSSR count). The Bertz CT molecular complexity index is 1250. The van der Waals surface area contributed by atoms with Crippen LogP contribution in [-0.2, 0) is 9.59 Å². The molecular weight excluding hydrogens is 450 g/mol. The quantitative estimate of drug-likeness (QED) is 0.299. The Morgan fingerprint density at radius 3 is 2.17 bits per heavy atom. The van der Waals surface area contributed by atoms with Gasteiger partial charge < -0.3 is 19.3 Å². The number of amides is 1. The van der Waals surface area contributed by atoms with Crippen molar-refractivity contribution >= 4 is 23.2 Å². The van der Waals surface area contributed by atoms with E-state index in [1.54, 1.807) is 54.6 Å². The van der Waals surface area contributed by atoms with E-state index in [0.717, 1.165) is 0 Å². The van der Waals surface area contributed by atoms with Crippen LogP contribution in [0.4, 0.5) is 5.69 Å². The molecule has 1 heterocycles. The lowest BCUT2D eigenvalue weighted by atomic mass is 9.86. The first kappa shape index (κ1) is 23.8. The van der Waals surface area contributed by atoms with E-state index in [-0.39, 0.29) is 17.1 Å². The van der Waals surface area contributed by atoms with Gasteiger partial charge in [0.15, 0.2) is 17.3 Å². The molecule has 0 aliphatic carbocycles. The van der Waals surface area contributed by atoms with Gasteiger partial charge in [-0.1, -0.05) is 6.07 Å². The van der Waals surface area contributed by atoms with E-state index in [1.165, 1.54) is 31.3 Å². The molecule has 1 N–H and O–H groups in total. The maximum absolute atomic E-state index is 13.6. The summed E-state index contributed by atoms with van der Waals surface area (Å²) in [7, 11) is 2.92. The normalized spacial score (nSPS) is 17.4. The average Bonchev–Trinajstić information content (AvgIpc) is 3.15. The fourth-order valence-corrected chi connectivity index (χ4v) is 4.24. The van der Waals surface area contributed by atoms with Crippen molar-refractivity contribution < 1.29 is 33.7 Å². The molecule has 8 nitrogen and oxygen atoms in total. The van der Waals surface area contributed by atoms with Gasteiger partial charge in [-0.05, 0) is 73.2 Å². The van der Waals surface area contributed by atoms with Crippen LogP contribution in [0.1, 0.15) is 28.9 Å². The van der Waals surface area contributed by atoms with Gasteiger partial charge in [-0.25, -0.2) is 0 Å². The van der Waals surface area contributed by atoms with Gasteiger partial charge in [0.1, 0.15) is 17.4 Å². The van der Waals surface area contributed by atoms with Crippen molar-refractivity contribution in [3.05, 3.63) is 77.9 Å². The second-order valence-corrected chi connectivity index (χ2v) is 7.91. The minimum Gasteiger partial charge on any atom is -0.504 e. The lowest BCUT2D eigenvalue weighted by molar-refractivity contribution is -0.135. The number of hydrogen-bond acceptors (Lipinski definition) is 7. The standard InChI is InChI=1S/C27H25NO7/c1-4-35-20-10-5-16(6-11-20)25(30)23-24(17-7-14-21(29)22(15-17)34-3)28(27(32)26(23)31)18-8-12-19(33-2)13-9-18/h5-15,23-24,29H,4H2,1-3H3. The summed E-state index contributed by atoms with van der Waals surface area (Å²) in [5.41, 5.74) is 1.19. The lowest BCUT2D eigenvalue weighted by Gasteiger charge is -2.27. The van der Waals surface area contributed by atoms with E-state index in [9.17, 15) is 19.5 Å². The van der Waals surface area contributed by atoms with Gasteiger partial charge in [-0.2, -0.15) is 0 Å². The van der Waals surface area contributed by atoms with E-state index >= 15 is 0 Å². The number of carbonyl (C=O) groups excluding carboxylic acids is 3. The first-order valence-electron chi connectivity index (χ1n) is 11.0. The highest BCUT2D eigenvalue weighted by molar-refractivity contribution is 6.49. The monoisotopic (exact) mass is 475 g/mol. The molecular formula is C27H25NO7. The van der Waals surface area contributed by atoms with Crippen molar-refractivity contribution in [2.75, 3.05) is 25.7 Å². The fourth-order valence-electron chi connectivity index (χ4n) is 4.24. The van der Waals surface area contributed by atoms with Crippen molar-refractivity contribution in [2.45, 2.75) is 13.0 Å². The second kappa shape index (κ2) is 9.89. The third-order valence-electron chi connectivity index (χ3n) is 5.93. The van der Waals surface area contributed by atoms with Crippen LogP contribution in [0.5, 0.6) is 23.0 Å². The number of methoxy groups -OCH3 is 2. The van der Waals surface area contributed by atoms with Gasteiger partial charge in [-0.3, -0.25) is 19.3 Å². The number of carbonyl (C=O) groups is 3. The van der Waals surface area contributed by atoms with Gasteiger partial charge in [0.05, 0.1) is 26.9 Å². The Morgan fingerprint density at radius 2 is 1.57 bits per heavy atom. The zero-order valence-electron chi connectivity index (χ0n) is 19.6. The average molecular weight is 475 g/mol. The minimum absolute atomic E-state index is 0.0997. The molecule has 180 valence electrons. The number of anilines is 1. The first-order valence-corrected chi connectivity index (χ1v) is 11.0. The van der Waals surface area contributed by atoms with Crippen LogP contribution in [0.15, 0.2) is 66.7 Å². The number of Topliss-reactive ketones (excluding diaryl/α,β-unsaturated/α-hetero) is 2. The second-order valence-electron chi connectivity index (χ2n) is 7.91. The SMILES string of the molecule is CCOc1ccc(C(=O)C2C(=O)C(=O)N(c3ccc(OC)cc3)C2c2ccc(O)c(OC)c2)cc1. The molecule has 2 unspecified atom stereocenters. The van der Waals surface area contributed by atoms with Gasteiger partial charge in [0.25, 0.3) is 5.91 Å². The molecule has 1 aliphatic rings. The third kappa shape index (κ3) is 4.42. The molecule has 35 heavy (non-hydrogen) atoms. The Morgan fingerprint density at radius 1 is 0.914 bits per heavy atom. The van der Waals surface area contributed by atoms with E-state index < -0.39 is 29.4 Å². The van der Waals surface area contributed by atoms with Crippen LogP contribution in [0, 0.1) is 5.92 Å². The molecule has 1 fully saturated rings. The van der Waals surface area contributed by atoms with Crippen molar-refractivity contribution in [3.63, 3.8) is 0 Å². The summed E-state index contributed by atoms with van der Waals surface area (Å²) in [5.74, 6) is -2.15. The molecule has 0 saturated carbocycles. The number of rotatable bonds is 8. The molecule has 1 amide bonds. The number of hydrogen-bond donors (Lipinski definition) is 1. The number of phenolic OH excluding ortho intramolecular Hbond substituents is 1. The van der Waals surface area contributed by atoms with Crippen molar-refractivity contribution in [1.29, 1.82) is 0 Å². The Hall–Kier alpha value is -4.33. The molecule has 1 saturated heterocycles. The summed E-state index contributed by atoms with van der Waals surface area (Å²) in [5, 5.41) is 10.1. The number of ketones is 2. The topological polar surface area (TPSA) is 102 Å². The van der Waals surface area contributed by atoms with Gasteiger partial charge >= 0.3 is 0 Å². The summed E-state index contributed by atoms with van der Waals surface area (Å²) < 4.78 is 15.9. The van der Waals surface area contributed by atoms with E-state index in [2.05, 4.69) is 0 Å². The van der Waals surface area contributed by atoms with Gasteiger partial charge in [0.2, 0.25) is 5.78 Å². The van der Waals surface area contributed by atoms with Gasteiger partial charge in [0, 0.05) is 11.3 Å². The first-order chi connectivity index (χ1) is 16.9. The highest BCUT2D eigenvalue weighted by atomic mass is 16.5. The zero-order chi connectivity index (χ0) is 25.1. The molecule has 1 aliphatic heterocycles. The summed E-state index contributed by atoms with van der Waals surface area (Å²) in [6.07, 6.45) is 0. The number of nitrogens with zero attached hydrogens (tertiary/aromatic N) is 1. The summed E-state index contributed by atoms with van der Waals surface area (Å²) in [4.78, 5) is 41.4. The third-order valence-corrected chi connectivity index (χ3v) is 5.93. The van der Waals surface area contributed by atoms with E-state index in [4.69, 9.17) is 14.2 Å².